The lowest BCUT2D eigenvalue weighted by Crippen LogP contribution is -2.20. The lowest BCUT2D eigenvalue weighted by atomic mass is 10.2. The van der Waals surface area contributed by atoms with Crippen molar-refractivity contribution in [3.63, 3.8) is 0 Å². The molecule has 2 rings (SSSR count). The van der Waals surface area contributed by atoms with Crippen molar-refractivity contribution in [3.8, 4) is 5.69 Å². The number of benzene rings is 1. The van der Waals surface area contributed by atoms with Gasteiger partial charge in [-0.1, -0.05) is 18.2 Å². The molecule has 0 bridgehead atoms. The Morgan fingerprint density at radius 1 is 1.38 bits per heavy atom. The van der Waals surface area contributed by atoms with Gasteiger partial charge in [-0.2, -0.15) is 0 Å². The van der Waals surface area contributed by atoms with E-state index in [0.717, 1.165) is 17.9 Å². The van der Waals surface area contributed by atoms with Crippen LogP contribution in [-0.2, 0) is 6.42 Å². The first-order valence-corrected chi connectivity index (χ1v) is 5.39. The third-order valence-corrected chi connectivity index (χ3v) is 2.50. The van der Waals surface area contributed by atoms with Crippen molar-refractivity contribution in [2.75, 3.05) is 0 Å². The van der Waals surface area contributed by atoms with Gasteiger partial charge in [-0.15, -0.1) is 10.2 Å². The molecule has 0 radical (unpaired) electrons. The van der Waals surface area contributed by atoms with E-state index in [2.05, 4.69) is 29.3 Å². The number of nitrogens with zero attached hydrogens (tertiary/aromatic N) is 3. The monoisotopic (exact) mass is 216 g/mol. The quantitative estimate of drug-likeness (QED) is 0.845. The molecule has 1 heterocycles. The maximum absolute atomic E-state index is 5.79. The van der Waals surface area contributed by atoms with E-state index in [-0.39, 0.29) is 6.04 Å². The molecule has 0 saturated carbocycles. The van der Waals surface area contributed by atoms with E-state index < -0.39 is 0 Å². The van der Waals surface area contributed by atoms with Crippen LogP contribution in [-0.4, -0.2) is 20.8 Å². The normalized spacial score (nSPS) is 12.7. The molecule has 1 atom stereocenters. The van der Waals surface area contributed by atoms with Crippen LogP contribution in [0.5, 0.6) is 0 Å². The summed E-state index contributed by atoms with van der Waals surface area (Å²) in [6.07, 6.45) is 2.47. The topological polar surface area (TPSA) is 56.7 Å². The summed E-state index contributed by atoms with van der Waals surface area (Å²) in [7, 11) is 0. The van der Waals surface area contributed by atoms with Gasteiger partial charge >= 0.3 is 0 Å². The zero-order valence-corrected chi connectivity index (χ0v) is 9.59. The van der Waals surface area contributed by atoms with Crippen molar-refractivity contribution >= 4 is 0 Å². The van der Waals surface area contributed by atoms with Crippen molar-refractivity contribution in [2.45, 2.75) is 26.3 Å². The number of rotatable bonds is 3. The second-order valence-corrected chi connectivity index (χ2v) is 4.09. The first-order valence-electron chi connectivity index (χ1n) is 5.39. The molecule has 0 saturated heterocycles. The van der Waals surface area contributed by atoms with Crippen LogP contribution in [0.2, 0.25) is 0 Å². The van der Waals surface area contributed by atoms with Crippen LogP contribution < -0.4 is 5.73 Å². The van der Waals surface area contributed by atoms with Crippen molar-refractivity contribution in [3.05, 3.63) is 42.0 Å². The molecule has 84 valence electrons. The Hall–Kier alpha value is -1.68. The molecule has 4 nitrogen and oxygen atoms in total. The van der Waals surface area contributed by atoms with Crippen LogP contribution in [0.3, 0.4) is 0 Å². The first-order chi connectivity index (χ1) is 7.68. The summed E-state index contributed by atoms with van der Waals surface area (Å²) in [6, 6.07) is 8.26. The molecular formula is C12H16N4. The second-order valence-electron chi connectivity index (χ2n) is 4.09. The number of hydrogen-bond acceptors (Lipinski definition) is 3. The molecule has 1 aromatic carbocycles. The predicted molar refractivity (Wildman–Crippen MR) is 63.4 cm³/mol. The Bertz CT molecular complexity index is 473. The van der Waals surface area contributed by atoms with Gasteiger partial charge in [0, 0.05) is 12.5 Å². The number of aryl methyl sites for hydroxylation is 1. The molecule has 2 aromatic rings. The van der Waals surface area contributed by atoms with Crippen molar-refractivity contribution < 1.29 is 0 Å². The molecule has 1 unspecified atom stereocenters. The third kappa shape index (κ3) is 2.12. The van der Waals surface area contributed by atoms with E-state index in [4.69, 9.17) is 5.73 Å². The van der Waals surface area contributed by atoms with Crippen LogP contribution in [0.25, 0.3) is 5.69 Å². The van der Waals surface area contributed by atoms with E-state index >= 15 is 0 Å². The van der Waals surface area contributed by atoms with Gasteiger partial charge < -0.3 is 5.73 Å². The van der Waals surface area contributed by atoms with E-state index in [1.165, 1.54) is 5.56 Å². The highest BCUT2D eigenvalue weighted by Crippen LogP contribution is 2.14. The van der Waals surface area contributed by atoms with Crippen LogP contribution >= 0.6 is 0 Å². The van der Waals surface area contributed by atoms with Crippen LogP contribution in [0.4, 0.5) is 0 Å². The second kappa shape index (κ2) is 4.45. The zero-order chi connectivity index (χ0) is 11.5. The Labute approximate surface area is 95.1 Å². The summed E-state index contributed by atoms with van der Waals surface area (Å²) in [5.74, 6) is 0.907. The maximum atomic E-state index is 5.79. The molecule has 0 aliphatic heterocycles. The molecule has 0 amide bonds. The average molecular weight is 216 g/mol. The van der Waals surface area contributed by atoms with Crippen LogP contribution in [0, 0.1) is 6.92 Å². The first kappa shape index (κ1) is 10.8. The number of aromatic nitrogens is 3. The Kier molecular flexibility index (Phi) is 3.01. The van der Waals surface area contributed by atoms with Crippen LogP contribution in [0.1, 0.15) is 18.3 Å². The van der Waals surface area contributed by atoms with Crippen LogP contribution in [0.15, 0.2) is 30.6 Å². The lowest BCUT2D eigenvalue weighted by molar-refractivity contribution is 0.688. The zero-order valence-electron chi connectivity index (χ0n) is 9.59. The summed E-state index contributed by atoms with van der Waals surface area (Å²) < 4.78 is 2.00. The summed E-state index contributed by atoms with van der Waals surface area (Å²) in [6.45, 7) is 4.04. The molecule has 0 aliphatic rings. The maximum Gasteiger partial charge on any atom is 0.138 e. The molecule has 0 aliphatic carbocycles. The molecule has 0 fully saturated rings. The van der Waals surface area contributed by atoms with Crippen molar-refractivity contribution in [2.24, 2.45) is 5.73 Å². The minimum atomic E-state index is 0.0898. The Balaban J connectivity index is 2.41. The summed E-state index contributed by atoms with van der Waals surface area (Å²) in [4.78, 5) is 0. The molecule has 16 heavy (non-hydrogen) atoms. The number of nitrogens with two attached hydrogens (primary N) is 1. The summed E-state index contributed by atoms with van der Waals surface area (Å²) in [5.41, 5.74) is 8.10. The highest BCUT2D eigenvalue weighted by Gasteiger charge is 2.09. The van der Waals surface area contributed by atoms with E-state index in [9.17, 15) is 0 Å². The Morgan fingerprint density at radius 3 is 2.81 bits per heavy atom. The van der Waals surface area contributed by atoms with Gasteiger partial charge in [0.15, 0.2) is 0 Å². The van der Waals surface area contributed by atoms with Gasteiger partial charge in [0.05, 0.1) is 5.69 Å². The van der Waals surface area contributed by atoms with Crippen molar-refractivity contribution in [1.29, 1.82) is 0 Å². The number of para-hydroxylation sites is 1. The highest BCUT2D eigenvalue weighted by atomic mass is 15.3. The highest BCUT2D eigenvalue weighted by molar-refractivity contribution is 5.40. The summed E-state index contributed by atoms with van der Waals surface area (Å²) >= 11 is 0. The fourth-order valence-electron chi connectivity index (χ4n) is 1.72. The molecule has 1 aromatic heterocycles. The van der Waals surface area contributed by atoms with Gasteiger partial charge in [0.1, 0.15) is 12.2 Å². The van der Waals surface area contributed by atoms with Gasteiger partial charge in [-0.05, 0) is 25.5 Å². The van der Waals surface area contributed by atoms with Crippen molar-refractivity contribution in [1.82, 2.24) is 14.8 Å². The largest absolute Gasteiger partial charge is 0.328 e. The van der Waals surface area contributed by atoms with E-state index in [1.54, 1.807) is 6.33 Å². The molecular weight excluding hydrogens is 200 g/mol. The minimum Gasteiger partial charge on any atom is -0.328 e. The standard InChI is InChI=1S/C12H16N4/c1-9-5-3-4-6-11(9)16-8-14-15-12(16)7-10(2)13/h3-6,8,10H,7,13H2,1-2H3. The van der Waals surface area contributed by atoms with E-state index in [1.807, 2.05) is 23.6 Å². The predicted octanol–water partition coefficient (Wildman–Crippen LogP) is 1.47. The van der Waals surface area contributed by atoms with Gasteiger partial charge in [0.2, 0.25) is 0 Å². The average Bonchev–Trinajstić information content (AvgIpc) is 2.66. The smallest absolute Gasteiger partial charge is 0.138 e. The van der Waals surface area contributed by atoms with E-state index in [0.29, 0.717) is 0 Å². The molecule has 2 N–H and O–H groups in total. The summed E-state index contributed by atoms with van der Waals surface area (Å²) in [5, 5.41) is 8.06. The SMILES string of the molecule is Cc1ccccc1-n1cnnc1CC(C)N. The lowest BCUT2D eigenvalue weighted by Gasteiger charge is -2.10. The van der Waals surface area contributed by atoms with Gasteiger partial charge in [0.25, 0.3) is 0 Å². The minimum absolute atomic E-state index is 0.0898. The molecule has 4 heteroatoms. The molecule has 0 spiro atoms. The fourth-order valence-corrected chi connectivity index (χ4v) is 1.72. The number of hydrogen-bond donors (Lipinski definition) is 1. The fraction of sp³-hybridized carbons (Fsp3) is 0.333. The third-order valence-electron chi connectivity index (χ3n) is 2.50. The van der Waals surface area contributed by atoms with Gasteiger partial charge in [-0.25, -0.2) is 0 Å². The van der Waals surface area contributed by atoms with Gasteiger partial charge in [-0.3, -0.25) is 4.57 Å². The Morgan fingerprint density at radius 2 is 2.12 bits per heavy atom.